The zero-order chi connectivity index (χ0) is 21.3. The van der Waals surface area contributed by atoms with Crippen molar-refractivity contribution in [3.63, 3.8) is 0 Å². The van der Waals surface area contributed by atoms with E-state index in [9.17, 15) is 22.0 Å². The lowest BCUT2D eigenvalue weighted by atomic mass is 9.97. The number of ether oxygens (including phenoxy) is 1. The van der Waals surface area contributed by atoms with Gasteiger partial charge in [-0.15, -0.1) is 0 Å². The molecule has 0 spiro atoms. The van der Waals surface area contributed by atoms with Gasteiger partial charge in [0, 0.05) is 35.1 Å². The summed E-state index contributed by atoms with van der Waals surface area (Å²) in [5.41, 5.74) is 6.00. The first kappa shape index (κ1) is 21.9. The van der Waals surface area contributed by atoms with Gasteiger partial charge in [-0.2, -0.15) is 0 Å². The lowest BCUT2D eigenvalue weighted by Gasteiger charge is -2.36. The quantitative estimate of drug-likeness (QED) is 0.551. The summed E-state index contributed by atoms with van der Waals surface area (Å²) < 4.78 is 58.9. The molecule has 1 aliphatic heterocycles. The molecular weight excluding hydrogens is 517 g/mol. The van der Waals surface area contributed by atoms with E-state index in [1.165, 1.54) is 10.4 Å². The van der Waals surface area contributed by atoms with Crippen LogP contribution in [0.3, 0.4) is 0 Å². The van der Waals surface area contributed by atoms with E-state index in [0.29, 0.717) is 22.2 Å². The van der Waals surface area contributed by atoms with Crippen LogP contribution < -0.4 is 10.5 Å². The zero-order valence-electron chi connectivity index (χ0n) is 15.5. The number of hydrogen-bond donors (Lipinski definition) is 1. The van der Waals surface area contributed by atoms with E-state index in [-0.39, 0.29) is 35.8 Å². The number of amides is 1. The van der Waals surface area contributed by atoms with Gasteiger partial charge >= 0.3 is 0 Å². The summed E-state index contributed by atoms with van der Waals surface area (Å²) in [6, 6.07) is 6.83. The van der Waals surface area contributed by atoms with Gasteiger partial charge in [-0.25, -0.2) is 21.5 Å². The molecule has 0 radical (unpaired) electrons. The molecule has 10 heteroatoms. The smallest absolute Gasteiger partial charge is 0.252 e. The first-order valence-electron chi connectivity index (χ1n) is 8.68. The Hall–Kier alpha value is -1.79. The number of primary amides is 1. The van der Waals surface area contributed by atoms with Gasteiger partial charge in [-0.3, -0.25) is 4.79 Å². The monoisotopic (exact) mass is 536 g/mol. The number of halogens is 3. The SMILES string of the molecule is CS(=O)(=O)N1CC(COc2cc(F)cc(Cc3ccc(I)cc3F)c2C(N)=O)C1. The predicted molar refractivity (Wildman–Crippen MR) is 112 cm³/mol. The van der Waals surface area contributed by atoms with Crippen LogP contribution in [0.2, 0.25) is 0 Å². The number of carbonyl (C=O) groups is 1. The second-order valence-electron chi connectivity index (χ2n) is 6.97. The lowest BCUT2D eigenvalue weighted by Crippen LogP contribution is -2.51. The van der Waals surface area contributed by atoms with Crippen molar-refractivity contribution < 1.29 is 26.7 Å². The average Bonchev–Trinajstić information content (AvgIpc) is 2.54. The van der Waals surface area contributed by atoms with Crippen molar-refractivity contribution in [2.75, 3.05) is 26.0 Å². The minimum absolute atomic E-state index is 0.0105. The number of nitrogens with two attached hydrogens (primary N) is 1. The number of carbonyl (C=O) groups excluding carboxylic acids is 1. The third kappa shape index (κ3) is 5.23. The van der Waals surface area contributed by atoms with Crippen LogP contribution in [0.1, 0.15) is 21.5 Å². The first-order chi connectivity index (χ1) is 13.5. The molecule has 2 aromatic carbocycles. The van der Waals surface area contributed by atoms with Crippen molar-refractivity contribution in [1.82, 2.24) is 4.31 Å². The molecule has 2 N–H and O–H groups in total. The molecule has 0 unspecified atom stereocenters. The van der Waals surface area contributed by atoms with Crippen LogP contribution in [0.15, 0.2) is 30.3 Å². The fourth-order valence-electron chi connectivity index (χ4n) is 3.15. The Kier molecular flexibility index (Phi) is 6.44. The fourth-order valence-corrected chi connectivity index (χ4v) is 4.56. The van der Waals surface area contributed by atoms with Gasteiger partial charge in [0.25, 0.3) is 5.91 Å². The maximum absolute atomic E-state index is 14.2. The highest BCUT2D eigenvalue weighted by atomic mass is 127. The second kappa shape index (κ2) is 8.52. The number of nitrogens with zero attached hydrogens (tertiary/aromatic N) is 1. The highest BCUT2D eigenvalue weighted by Gasteiger charge is 2.33. The van der Waals surface area contributed by atoms with Crippen LogP contribution in [0, 0.1) is 21.1 Å². The van der Waals surface area contributed by atoms with Crippen molar-refractivity contribution in [3.05, 3.63) is 62.2 Å². The zero-order valence-corrected chi connectivity index (χ0v) is 18.5. The molecule has 1 heterocycles. The summed E-state index contributed by atoms with van der Waals surface area (Å²) in [5, 5.41) is 0. The molecule has 0 saturated carbocycles. The molecule has 1 fully saturated rings. The van der Waals surface area contributed by atoms with E-state index >= 15 is 0 Å². The van der Waals surface area contributed by atoms with E-state index in [1.807, 2.05) is 22.6 Å². The van der Waals surface area contributed by atoms with Gasteiger partial charge in [0.15, 0.2) is 0 Å². The molecule has 2 aromatic rings. The van der Waals surface area contributed by atoms with Gasteiger partial charge in [0.05, 0.1) is 18.4 Å². The minimum Gasteiger partial charge on any atom is -0.492 e. The molecular formula is C19H19F2IN2O4S. The molecule has 156 valence electrons. The van der Waals surface area contributed by atoms with Gasteiger partial charge in [0.1, 0.15) is 17.4 Å². The van der Waals surface area contributed by atoms with E-state index in [2.05, 4.69) is 0 Å². The molecule has 1 amide bonds. The third-order valence-electron chi connectivity index (χ3n) is 4.66. The Morgan fingerprint density at radius 1 is 1.24 bits per heavy atom. The number of rotatable bonds is 7. The van der Waals surface area contributed by atoms with Crippen molar-refractivity contribution >= 4 is 38.5 Å². The van der Waals surface area contributed by atoms with Crippen molar-refractivity contribution in [2.45, 2.75) is 6.42 Å². The second-order valence-corrected chi connectivity index (χ2v) is 10.2. The van der Waals surface area contributed by atoms with Crippen molar-refractivity contribution in [3.8, 4) is 5.75 Å². The van der Waals surface area contributed by atoms with E-state index in [1.54, 1.807) is 12.1 Å². The van der Waals surface area contributed by atoms with E-state index in [4.69, 9.17) is 10.5 Å². The largest absolute Gasteiger partial charge is 0.492 e. The lowest BCUT2D eigenvalue weighted by molar-refractivity contribution is 0.0987. The number of benzene rings is 2. The van der Waals surface area contributed by atoms with Crippen molar-refractivity contribution in [1.29, 1.82) is 0 Å². The predicted octanol–water partition coefficient (Wildman–Crippen LogP) is 2.53. The summed E-state index contributed by atoms with van der Waals surface area (Å²) in [6.45, 7) is 0.689. The topological polar surface area (TPSA) is 89.7 Å². The summed E-state index contributed by atoms with van der Waals surface area (Å²) in [5.74, 6) is -2.03. The third-order valence-corrected chi connectivity index (χ3v) is 6.57. The first-order valence-corrected chi connectivity index (χ1v) is 11.6. The summed E-state index contributed by atoms with van der Waals surface area (Å²) >= 11 is 1.98. The molecule has 1 aliphatic rings. The molecule has 3 rings (SSSR count). The van der Waals surface area contributed by atoms with Crippen LogP contribution in [0.4, 0.5) is 8.78 Å². The molecule has 29 heavy (non-hydrogen) atoms. The van der Waals surface area contributed by atoms with Gasteiger partial charge < -0.3 is 10.5 Å². The molecule has 1 saturated heterocycles. The Morgan fingerprint density at radius 3 is 2.52 bits per heavy atom. The standard InChI is InChI=1S/C19H19F2IN2O4S/c1-29(26,27)24-8-11(9-24)10-28-17-6-14(20)5-13(18(17)19(23)25)4-12-2-3-15(22)7-16(12)21/h2-3,5-7,11H,4,8-10H2,1H3,(H2,23,25). The summed E-state index contributed by atoms with van der Waals surface area (Å²) in [4.78, 5) is 12.0. The van der Waals surface area contributed by atoms with E-state index < -0.39 is 27.6 Å². The van der Waals surface area contributed by atoms with Crippen LogP contribution in [-0.2, 0) is 16.4 Å². The van der Waals surface area contributed by atoms with Crippen LogP contribution in [0.5, 0.6) is 5.75 Å². The Labute approximate surface area is 181 Å². The normalized spacial score (nSPS) is 15.2. The number of hydrogen-bond acceptors (Lipinski definition) is 4. The van der Waals surface area contributed by atoms with E-state index in [0.717, 1.165) is 18.4 Å². The molecule has 0 aliphatic carbocycles. The number of sulfonamides is 1. The van der Waals surface area contributed by atoms with Crippen LogP contribution >= 0.6 is 22.6 Å². The Morgan fingerprint density at radius 2 is 1.93 bits per heavy atom. The van der Waals surface area contributed by atoms with Gasteiger partial charge in [0.2, 0.25) is 10.0 Å². The minimum atomic E-state index is -3.25. The Balaban J connectivity index is 1.82. The molecule has 0 atom stereocenters. The van der Waals surface area contributed by atoms with Gasteiger partial charge in [-0.05, 0) is 51.9 Å². The Bertz CT molecular complexity index is 1060. The molecule has 0 aromatic heterocycles. The van der Waals surface area contributed by atoms with Crippen LogP contribution in [0.25, 0.3) is 0 Å². The van der Waals surface area contributed by atoms with Gasteiger partial charge in [-0.1, -0.05) is 6.07 Å². The maximum Gasteiger partial charge on any atom is 0.252 e. The highest BCUT2D eigenvalue weighted by molar-refractivity contribution is 14.1. The fraction of sp³-hybridized carbons (Fsp3) is 0.316. The molecule has 0 bridgehead atoms. The summed E-state index contributed by atoms with van der Waals surface area (Å²) in [6.07, 6.45) is 1.10. The molecule has 6 nitrogen and oxygen atoms in total. The summed E-state index contributed by atoms with van der Waals surface area (Å²) in [7, 11) is -3.25. The highest BCUT2D eigenvalue weighted by Crippen LogP contribution is 2.29. The van der Waals surface area contributed by atoms with Crippen LogP contribution in [-0.4, -0.2) is 44.6 Å². The maximum atomic E-state index is 14.2. The van der Waals surface area contributed by atoms with Crippen molar-refractivity contribution in [2.24, 2.45) is 11.7 Å². The average molecular weight is 536 g/mol.